The topological polar surface area (TPSA) is 83.8 Å². The first-order valence-corrected chi connectivity index (χ1v) is 4.43. The first-order chi connectivity index (χ1) is 7.24. The molecule has 15 heavy (non-hydrogen) atoms. The maximum atomic E-state index is 11.0. The minimum Gasteiger partial charge on any atom is -0.385 e. The summed E-state index contributed by atoms with van der Waals surface area (Å²) < 4.78 is 0. The molecule has 1 heterocycles. The van der Waals surface area contributed by atoms with Gasteiger partial charge in [0.2, 0.25) is 0 Å². The van der Waals surface area contributed by atoms with Crippen molar-refractivity contribution < 1.29 is 0 Å². The van der Waals surface area contributed by atoms with Crippen LogP contribution in [-0.2, 0) is 0 Å². The van der Waals surface area contributed by atoms with Crippen LogP contribution in [-0.4, -0.2) is 9.97 Å². The molecule has 76 valence electrons. The van der Waals surface area contributed by atoms with Crippen molar-refractivity contribution >= 4 is 17.3 Å². The fraction of sp³-hybridized carbons (Fsp3) is 0. The Kier molecular flexibility index (Phi) is 2.37. The number of nitrogens with one attached hydrogen (secondary N) is 2. The number of benzene rings is 1. The van der Waals surface area contributed by atoms with Gasteiger partial charge in [-0.3, -0.25) is 4.98 Å². The van der Waals surface area contributed by atoms with Crippen LogP contribution in [0.15, 0.2) is 41.2 Å². The Morgan fingerprint density at radius 2 is 2.00 bits per heavy atom. The molecule has 0 saturated heterocycles. The Morgan fingerprint density at radius 3 is 2.67 bits per heavy atom. The summed E-state index contributed by atoms with van der Waals surface area (Å²) >= 11 is 0. The lowest BCUT2D eigenvalue weighted by atomic mass is 10.3. The fourth-order valence-corrected chi connectivity index (χ4v) is 1.21. The number of para-hydroxylation sites is 1. The number of nitrogens with two attached hydrogens (primary N) is 1. The van der Waals surface area contributed by atoms with Crippen LogP contribution < -0.4 is 16.7 Å². The smallest absolute Gasteiger partial charge is 0.348 e. The van der Waals surface area contributed by atoms with E-state index in [1.54, 1.807) is 6.07 Å². The molecule has 0 bridgehead atoms. The first-order valence-electron chi connectivity index (χ1n) is 4.43. The van der Waals surface area contributed by atoms with Crippen LogP contribution in [0.2, 0.25) is 0 Å². The number of H-pyrrole nitrogens is 1. The van der Waals surface area contributed by atoms with Crippen molar-refractivity contribution in [2.75, 3.05) is 11.1 Å². The van der Waals surface area contributed by atoms with Crippen molar-refractivity contribution in [2.45, 2.75) is 0 Å². The number of aromatic nitrogens is 2. The van der Waals surface area contributed by atoms with Crippen molar-refractivity contribution in [1.82, 2.24) is 9.97 Å². The second-order valence-electron chi connectivity index (χ2n) is 3.02. The molecule has 0 aliphatic heterocycles. The maximum absolute atomic E-state index is 11.0. The van der Waals surface area contributed by atoms with E-state index in [-0.39, 0.29) is 5.82 Å². The minimum absolute atomic E-state index is 0.286. The Morgan fingerprint density at radius 1 is 1.27 bits per heavy atom. The molecule has 0 aliphatic carbocycles. The van der Waals surface area contributed by atoms with Crippen molar-refractivity contribution in [1.29, 1.82) is 0 Å². The Hall–Kier alpha value is -2.30. The lowest BCUT2D eigenvalue weighted by molar-refractivity contribution is 1.09. The highest BCUT2D eigenvalue weighted by atomic mass is 16.1. The largest absolute Gasteiger partial charge is 0.385 e. The van der Waals surface area contributed by atoms with E-state index in [0.717, 1.165) is 5.69 Å². The predicted octanol–water partition coefficient (Wildman–Crippen LogP) is 1.10. The van der Waals surface area contributed by atoms with Crippen molar-refractivity contribution in [2.24, 2.45) is 0 Å². The molecule has 1 aromatic carbocycles. The quantitative estimate of drug-likeness (QED) is 0.680. The van der Waals surface area contributed by atoms with Gasteiger partial charge in [-0.2, -0.15) is 4.98 Å². The van der Waals surface area contributed by atoms with E-state index in [2.05, 4.69) is 15.3 Å². The summed E-state index contributed by atoms with van der Waals surface area (Å²) in [6.45, 7) is 0. The van der Waals surface area contributed by atoms with Crippen molar-refractivity contribution in [3.8, 4) is 0 Å². The average Bonchev–Trinajstić information content (AvgIpc) is 2.17. The number of hydrogen-bond acceptors (Lipinski definition) is 4. The van der Waals surface area contributed by atoms with Crippen LogP contribution in [0.5, 0.6) is 0 Å². The van der Waals surface area contributed by atoms with Gasteiger partial charge in [0.05, 0.1) is 0 Å². The molecule has 0 saturated carbocycles. The minimum atomic E-state index is -0.464. The molecule has 1 aromatic heterocycles. The zero-order chi connectivity index (χ0) is 10.7. The molecule has 0 radical (unpaired) electrons. The van der Waals surface area contributed by atoms with Gasteiger partial charge in [-0.05, 0) is 12.1 Å². The lowest BCUT2D eigenvalue weighted by Crippen LogP contribution is -2.13. The third-order valence-corrected chi connectivity index (χ3v) is 1.81. The predicted molar refractivity (Wildman–Crippen MR) is 59.0 cm³/mol. The molecule has 2 aromatic rings. The number of nitrogen functional groups attached to an aromatic ring is 1. The number of aromatic amines is 1. The monoisotopic (exact) mass is 202 g/mol. The molecule has 0 unspecified atom stereocenters. The zero-order valence-corrected chi connectivity index (χ0v) is 7.90. The number of nitrogens with zero attached hydrogens (tertiary/aromatic N) is 1. The summed E-state index contributed by atoms with van der Waals surface area (Å²) in [5.74, 6) is 0.718. The summed E-state index contributed by atoms with van der Waals surface area (Å²) in [4.78, 5) is 17.1. The molecule has 0 atom stereocenters. The van der Waals surface area contributed by atoms with Crippen LogP contribution in [0.1, 0.15) is 0 Å². The molecule has 0 aliphatic rings. The van der Waals surface area contributed by atoms with Gasteiger partial charge >= 0.3 is 5.69 Å². The molecule has 5 nitrogen and oxygen atoms in total. The van der Waals surface area contributed by atoms with Crippen LogP contribution in [0, 0.1) is 0 Å². The first kappa shape index (κ1) is 9.26. The van der Waals surface area contributed by atoms with E-state index in [4.69, 9.17) is 5.73 Å². The van der Waals surface area contributed by atoms with Gasteiger partial charge in [0.25, 0.3) is 0 Å². The number of anilines is 3. The Bertz CT molecular complexity index is 506. The van der Waals surface area contributed by atoms with Crippen LogP contribution >= 0.6 is 0 Å². The van der Waals surface area contributed by atoms with E-state index >= 15 is 0 Å². The van der Waals surface area contributed by atoms with Gasteiger partial charge in [-0.1, -0.05) is 18.2 Å². The highest BCUT2D eigenvalue weighted by molar-refractivity contribution is 5.57. The molecule has 0 spiro atoms. The third kappa shape index (κ3) is 2.34. The standard InChI is InChI=1S/C10H10N4O/c11-8-6-9(14-10(15)13-8)12-7-4-2-1-3-5-7/h1-6H,(H4,11,12,13,14,15). The second kappa shape index (κ2) is 3.83. The van der Waals surface area contributed by atoms with Gasteiger partial charge in [0.1, 0.15) is 11.6 Å². The van der Waals surface area contributed by atoms with E-state index < -0.39 is 5.69 Å². The molecular weight excluding hydrogens is 192 g/mol. The van der Waals surface area contributed by atoms with Gasteiger partial charge in [0.15, 0.2) is 0 Å². The molecular formula is C10H10N4O. The van der Waals surface area contributed by atoms with E-state index in [9.17, 15) is 4.79 Å². The SMILES string of the molecule is Nc1cc(Nc2ccccc2)nc(=O)[nH]1. The molecule has 2 rings (SSSR count). The van der Waals surface area contributed by atoms with Gasteiger partial charge < -0.3 is 11.1 Å². The second-order valence-corrected chi connectivity index (χ2v) is 3.02. The van der Waals surface area contributed by atoms with Crippen LogP contribution in [0.4, 0.5) is 17.3 Å². The van der Waals surface area contributed by atoms with E-state index in [1.165, 1.54) is 0 Å². The molecule has 5 heteroatoms. The summed E-state index contributed by atoms with van der Waals surface area (Å²) in [5, 5.41) is 2.97. The van der Waals surface area contributed by atoms with Gasteiger partial charge in [-0.25, -0.2) is 4.79 Å². The summed E-state index contributed by atoms with van der Waals surface area (Å²) in [7, 11) is 0. The van der Waals surface area contributed by atoms with Crippen molar-refractivity contribution in [3.63, 3.8) is 0 Å². The zero-order valence-electron chi connectivity index (χ0n) is 7.90. The lowest BCUT2D eigenvalue weighted by Gasteiger charge is -2.04. The van der Waals surface area contributed by atoms with Crippen molar-refractivity contribution in [3.05, 3.63) is 46.9 Å². The van der Waals surface area contributed by atoms with Crippen LogP contribution in [0.3, 0.4) is 0 Å². The summed E-state index contributed by atoms with van der Waals surface area (Å²) in [6.07, 6.45) is 0. The van der Waals surface area contributed by atoms with E-state index in [1.807, 2.05) is 30.3 Å². The maximum Gasteiger partial charge on any atom is 0.348 e. The highest BCUT2D eigenvalue weighted by Gasteiger charge is 1.97. The number of rotatable bonds is 2. The van der Waals surface area contributed by atoms with Gasteiger partial charge in [0, 0.05) is 11.8 Å². The fourth-order valence-electron chi connectivity index (χ4n) is 1.21. The highest BCUT2D eigenvalue weighted by Crippen LogP contribution is 2.12. The molecule has 4 N–H and O–H groups in total. The average molecular weight is 202 g/mol. The Balaban J connectivity index is 2.29. The molecule has 0 fully saturated rings. The normalized spacial score (nSPS) is 9.87. The Labute approximate surface area is 86.0 Å². The number of hydrogen-bond donors (Lipinski definition) is 3. The summed E-state index contributed by atoms with van der Waals surface area (Å²) in [6, 6.07) is 11.0. The molecule has 0 amide bonds. The summed E-state index contributed by atoms with van der Waals surface area (Å²) in [5.41, 5.74) is 5.87. The van der Waals surface area contributed by atoms with Gasteiger partial charge in [-0.15, -0.1) is 0 Å². The van der Waals surface area contributed by atoms with E-state index in [0.29, 0.717) is 5.82 Å². The third-order valence-electron chi connectivity index (χ3n) is 1.81. The van der Waals surface area contributed by atoms with Crippen LogP contribution in [0.25, 0.3) is 0 Å².